The summed E-state index contributed by atoms with van der Waals surface area (Å²) in [6.45, 7) is 5.68. The van der Waals surface area contributed by atoms with E-state index < -0.39 is 0 Å². The number of nitrogens with zero attached hydrogens (tertiary/aromatic N) is 1. The highest BCUT2D eigenvalue weighted by Gasteiger charge is 2.23. The number of aryl methyl sites for hydroxylation is 1. The molecule has 0 aliphatic heterocycles. The second-order valence-electron chi connectivity index (χ2n) is 4.08. The van der Waals surface area contributed by atoms with Crippen LogP contribution in [-0.4, -0.2) is 5.26 Å². The van der Waals surface area contributed by atoms with E-state index in [1.54, 1.807) is 11.3 Å². The zero-order valence-corrected chi connectivity index (χ0v) is 10.7. The lowest BCUT2D eigenvalue weighted by Gasteiger charge is -1.97. The molecule has 0 aliphatic carbocycles. The van der Waals surface area contributed by atoms with E-state index in [4.69, 9.17) is 5.26 Å². The van der Waals surface area contributed by atoms with E-state index in [2.05, 4.69) is 29.7 Å². The minimum Gasteiger partial charge on any atom is -0.274 e. The van der Waals surface area contributed by atoms with Crippen molar-refractivity contribution in [2.24, 2.45) is 0 Å². The van der Waals surface area contributed by atoms with E-state index in [0.717, 1.165) is 10.5 Å². The summed E-state index contributed by atoms with van der Waals surface area (Å²) in [5.74, 6) is 0.217. The number of benzene rings is 2. The monoisotopic (exact) mass is 258 g/mol. The van der Waals surface area contributed by atoms with Crippen molar-refractivity contribution in [1.82, 2.24) is 0 Å². The van der Waals surface area contributed by atoms with Gasteiger partial charge in [0.05, 0.1) is 0 Å². The predicted octanol–water partition coefficient (Wildman–Crippen LogP) is 3.57. The van der Waals surface area contributed by atoms with E-state index in [9.17, 15) is 0 Å². The molecular weight excluding hydrogens is 246 g/mol. The summed E-state index contributed by atoms with van der Waals surface area (Å²) in [5.41, 5.74) is 0.996. The number of aromatic nitrogens is 1. The van der Waals surface area contributed by atoms with Gasteiger partial charge in [-0.2, -0.15) is 5.26 Å². The Bertz CT molecular complexity index is 761. The van der Waals surface area contributed by atoms with Gasteiger partial charge in [-0.05, 0) is 11.5 Å². The third-order valence-corrected chi connectivity index (χ3v) is 4.13. The van der Waals surface area contributed by atoms with Crippen molar-refractivity contribution < 1.29 is 14.7 Å². The van der Waals surface area contributed by atoms with Crippen LogP contribution in [-0.2, 0) is 4.89 Å². The zero-order chi connectivity index (χ0) is 12.7. The highest BCUT2D eigenvalue weighted by atomic mass is 32.1. The topological polar surface area (TPSA) is 33.3 Å². The van der Waals surface area contributed by atoms with Gasteiger partial charge in [0, 0.05) is 25.0 Å². The van der Waals surface area contributed by atoms with Gasteiger partial charge in [0.25, 0.3) is 0 Å². The van der Waals surface area contributed by atoms with Crippen LogP contribution in [0.15, 0.2) is 43.0 Å². The third kappa shape index (κ3) is 1.50. The first-order valence-electron chi connectivity index (χ1n) is 5.56. The van der Waals surface area contributed by atoms with Crippen molar-refractivity contribution in [3.05, 3.63) is 48.0 Å². The Balaban J connectivity index is 2.44. The smallest absolute Gasteiger partial charge is 0.274 e. The maximum absolute atomic E-state index is 8.79. The predicted molar refractivity (Wildman–Crippen MR) is 73.3 cm³/mol. The molecule has 0 amide bonds. The lowest BCUT2D eigenvalue weighted by atomic mass is 10.1. The fourth-order valence-corrected chi connectivity index (χ4v) is 3.38. The Hall–Kier alpha value is -1.91. The van der Waals surface area contributed by atoms with E-state index in [-0.39, 0.29) is 5.88 Å². The van der Waals surface area contributed by atoms with Crippen LogP contribution in [0.3, 0.4) is 0 Å². The summed E-state index contributed by atoms with van der Waals surface area (Å²) in [7, 11) is 0. The number of hydrogen-bond donors (Lipinski definition) is 1. The normalized spacial score (nSPS) is 11.0. The molecule has 1 N–H and O–H groups in total. The van der Waals surface area contributed by atoms with Crippen molar-refractivity contribution in [2.75, 3.05) is 0 Å². The van der Waals surface area contributed by atoms with Gasteiger partial charge in [-0.3, -0.25) is 4.89 Å². The molecule has 0 radical (unpaired) electrons. The number of rotatable bonds is 2. The van der Waals surface area contributed by atoms with E-state index in [1.807, 2.05) is 29.7 Å². The first kappa shape index (κ1) is 11.2. The molecule has 4 heteroatoms. The highest BCUT2D eigenvalue weighted by molar-refractivity contribution is 7.19. The van der Waals surface area contributed by atoms with Crippen molar-refractivity contribution in [2.45, 2.75) is 6.92 Å². The van der Waals surface area contributed by atoms with Gasteiger partial charge >= 0.3 is 5.88 Å². The van der Waals surface area contributed by atoms with Crippen LogP contribution in [0.1, 0.15) is 5.01 Å². The molecule has 0 atom stereocenters. The molecule has 0 spiro atoms. The molecule has 1 heterocycles. The SMILES string of the molecule is C=C(OO)[n+]1c(C)sc2c3ccccc3ccc21. The molecule has 3 rings (SSSR count). The first-order chi connectivity index (χ1) is 8.72. The van der Waals surface area contributed by atoms with Gasteiger partial charge in [0.2, 0.25) is 10.5 Å². The maximum atomic E-state index is 8.79. The zero-order valence-electron chi connectivity index (χ0n) is 9.88. The van der Waals surface area contributed by atoms with Crippen LogP contribution in [0.25, 0.3) is 26.9 Å². The standard InChI is InChI=1S/C14H11NO2S/c1-9(17-16)15-10(2)18-14-12-6-4-3-5-11(12)7-8-13(14)15/h3-8H,1H2,2H3/p+1. The molecule has 18 heavy (non-hydrogen) atoms. The molecule has 0 saturated carbocycles. The minimum absolute atomic E-state index is 0.217. The summed E-state index contributed by atoms with van der Waals surface area (Å²) in [6, 6.07) is 12.3. The Labute approximate surface area is 108 Å². The van der Waals surface area contributed by atoms with Gasteiger partial charge in [-0.15, -0.1) is 4.57 Å². The third-order valence-electron chi connectivity index (χ3n) is 3.02. The quantitative estimate of drug-likeness (QED) is 0.330. The molecule has 1 aromatic heterocycles. The summed E-state index contributed by atoms with van der Waals surface area (Å²) in [6.07, 6.45) is 0. The molecular formula is C14H12NO2S+. The average molecular weight is 258 g/mol. The van der Waals surface area contributed by atoms with Crippen molar-refractivity contribution in [3.63, 3.8) is 0 Å². The molecule has 2 aromatic carbocycles. The van der Waals surface area contributed by atoms with Gasteiger partial charge in [-0.25, -0.2) is 0 Å². The molecule has 3 aromatic rings. The van der Waals surface area contributed by atoms with Crippen molar-refractivity contribution in [1.29, 1.82) is 0 Å². The lowest BCUT2D eigenvalue weighted by Crippen LogP contribution is -2.33. The second kappa shape index (κ2) is 4.08. The summed E-state index contributed by atoms with van der Waals surface area (Å²) in [5, 5.41) is 12.2. The van der Waals surface area contributed by atoms with E-state index in [0.29, 0.717) is 0 Å². The molecule has 0 saturated heterocycles. The van der Waals surface area contributed by atoms with Gasteiger partial charge in [0.1, 0.15) is 4.70 Å². The van der Waals surface area contributed by atoms with Gasteiger partial charge in [-0.1, -0.05) is 35.6 Å². The van der Waals surface area contributed by atoms with Crippen LogP contribution in [0.4, 0.5) is 0 Å². The summed E-state index contributed by atoms with van der Waals surface area (Å²) >= 11 is 1.66. The number of thiazole rings is 1. The lowest BCUT2D eigenvalue weighted by molar-refractivity contribution is -0.591. The van der Waals surface area contributed by atoms with Crippen LogP contribution in [0.2, 0.25) is 0 Å². The molecule has 90 valence electrons. The van der Waals surface area contributed by atoms with Crippen LogP contribution >= 0.6 is 11.3 Å². The Morgan fingerprint density at radius 1 is 1.28 bits per heavy atom. The van der Waals surface area contributed by atoms with Crippen LogP contribution < -0.4 is 4.57 Å². The Morgan fingerprint density at radius 2 is 2.06 bits per heavy atom. The molecule has 0 unspecified atom stereocenters. The van der Waals surface area contributed by atoms with Gasteiger partial charge < -0.3 is 0 Å². The first-order valence-corrected chi connectivity index (χ1v) is 6.37. The molecule has 3 nitrogen and oxygen atoms in total. The number of hydrogen-bond acceptors (Lipinski definition) is 3. The van der Waals surface area contributed by atoms with E-state index >= 15 is 0 Å². The van der Waals surface area contributed by atoms with Crippen molar-refractivity contribution in [3.8, 4) is 0 Å². The average Bonchev–Trinajstić information content (AvgIpc) is 2.74. The van der Waals surface area contributed by atoms with Crippen molar-refractivity contribution >= 4 is 38.2 Å². The van der Waals surface area contributed by atoms with Crippen LogP contribution in [0, 0.1) is 6.92 Å². The molecule has 0 aliphatic rings. The van der Waals surface area contributed by atoms with Crippen LogP contribution in [0.5, 0.6) is 0 Å². The Morgan fingerprint density at radius 3 is 2.83 bits per heavy atom. The Kier molecular flexibility index (Phi) is 2.54. The molecule has 0 fully saturated rings. The fourth-order valence-electron chi connectivity index (χ4n) is 2.23. The fraction of sp³-hybridized carbons (Fsp3) is 0.0714. The maximum Gasteiger partial charge on any atom is 0.399 e. The summed E-state index contributed by atoms with van der Waals surface area (Å²) < 4.78 is 2.98. The minimum atomic E-state index is 0.217. The summed E-state index contributed by atoms with van der Waals surface area (Å²) in [4.78, 5) is 4.27. The van der Waals surface area contributed by atoms with Gasteiger partial charge in [0.15, 0.2) is 0 Å². The molecule has 0 bridgehead atoms. The highest BCUT2D eigenvalue weighted by Crippen LogP contribution is 2.29. The largest absolute Gasteiger partial charge is 0.399 e. The second-order valence-corrected chi connectivity index (χ2v) is 5.28. The van der Waals surface area contributed by atoms with E-state index in [1.165, 1.54) is 15.5 Å². The number of fused-ring (bicyclic) bond motifs is 3.